The Labute approximate surface area is 203 Å². The maximum absolute atomic E-state index is 13.6. The van der Waals surface area contributed by atoms with Gasteiger partial charge in [0.1, 0.15) is 0 Å². The summed E-state index contributed by atoms with van der Waals surface area (Å²) in [5.74, 6) is 0.668. The van der Waals surface area contributed by atoms with Crippen LogP contribution in [0.25, 0.3) is 22.2 Å². The highest BCUT2D eigenvalue weighted by Gasteiger charge is 2.19. The molecule has 7 heteroatoms. The molecule has 4 rings (SSSR count). The highest BCUT2D eigenvalue weighted by molar-refractivity contribution is 6.07. The SMILES string of the molecule is COC(=O)c1ccc(CN(C)C(=O)c2cc(-c3ccc(OC)c(OC)c3)nc3ccccc23)cc1. The number of hydrogen-bond donors (Lipinski definition) is 0. The third-order valence-corrected chi connectivity index (χ3v) is 5.77. The van der Waals surface area contributed by atoms with Crippen molar-refractivity contribution in [2.24, 2.45) is 0 Å². The predicted molar refractivity (Wildman–Crippen MR) is 134 cm³/mol. The van der Waals surface area contributed by atoms with E-state index in [4.69, 9.17) is 19.2 Å². The number of fused-ring (bicyclic) bond motifs is 1. The predicted octanol–water partition coefficient (Wildman–Crippen LogP) is 4.98. The maximum Gasteiger partial charge on any atom is 0.337 e. The average Bonchev–Trinajstić information content (AvgIpc) is 2.91. The number of pyridine rings is 1. The first-order chi connectivity index (χ1) is 16.9. The molecule has 3 aromatic carbocycles. The van der Waals surface area contributed by atoms with E-state index in [1.54, 1.807) is 38.3 Å². The van der Waals surface area contributed by atoms with Gasteiger partial charge < -0.3 is 19.1 Å². The lowest BCUT2D eigenvalue weighted by Crippen LogP contribution is -2.26. The third kappa shape index (κ3) is 4.94. The standard InChI is InChI=1S/C28H26N2O5/c1-30(17-18-9-11-19(12-10-18)28(32)35-4)27(31)22-16-24(29-23-8-6-5-7-21(22)23)20-13-14-25(33-2)26(15-20)34-3/h5-16H,17H2,1-4H3. The number of ether oxygens (including phenoxy) is 3. The zero-order valence-electron chi connectivity index (χ0n) is 20.1. The lowest BCUT2D eigenvalue weighted by Gasteiger charge is -2.19. The molecular formula is C28H26N2O5. The van der Waals surface area contributed by atoms with E-state index in [0.29, 0.717) is 34.9 Å². The number of carbonyl (C=O) groups excluding carboxylic acids is 2. The number of carbonyl (C=O) groups is 2. The van der Waals surface area contributed by atoms with E-state index in [9.17, 15) is 9.59 Å². The molecule has 0 aliphatic carbocycles. The van der Waals surface area contributed by atoms with Gasteiger partial charge in [-0.25, -0.2) is 9.78 Å². The fraction of sp³-hybridized carbons (Fsp3) is 0.179. The van der Waals surface area contributed by atoms with Crippen LogP contribution in [0.1, 0.15) is 26.3 Å². The molecule has 1 amide bonds. The van der Waals surface area contributed by atoms with Crippen molar-refractivity contribution in [1.82, 2.24) is 9.88 Å². The molecule has 0 aliphatic rings. The van der Waals surface area contributed by atoms with Crippen molar-refractivity contribution in [1.29, 1.82) is 0 Å². The second kappa shape index (κ2) is 10.3. The molecule has 0 fully saturated rings. The number of methoxy groups -OCH3 is 3. The molecular weight excluding hydrogens is 444 g/mol. The number of rotatable bonds is 7. The fourth-order valence-corrected chi connectivity index (χ4v) is 3.91. The van der Waals surface area contributed by atoms with E-state index in [1.165, 1.54) is 7.11 Å². The number of aromatic nitrogens is 1. The van der Waals surface area contributed by atoms with Crippen molar-refractivity contribution < 1.29 is 23.8 Å². The number of nitrogens with zero attached hydrogens (tertiary/aromatic N) is 2. The van der Waals surface area contributed by atoms with Crippen molar-refractivity contribution in [2.45, 2.75) is 6.54 Å². The van der Waals surface area contributed by atoms with E-state index in [1.807, 2.05) is 60.7 Å². The van der Waals surface area contributed by atoms with E-state index in [-0.39, 0.29) is 5.91 Å². The van der Waals surface area contributed by atoms with Gasteiger partial charge in [0.15, 0.2) is 11.5 Å². The Kier molecular flexibility index (Phi) is 6.96. The largest absolute Gasteiger partial charge is 0.493 e. The van der Waals surface area contributed by atoms with E-state index in [2.05, 4.69) is 0 Å². The molecule has 1 aromatic heterocycles. The van der Waals surface area contributed by atoms with Gasteiger partial charge in [0, 0.05) is 24.5 Å². The lowest BCUT2D eigenvalue weighted by atomic mass is 10.0. The second-order valence-corrected chi connectivity index (χ2v) is 7.99. The summed E-state index contributed by atoms with van der Waals surface area (Å²) in [4.78, 5) is 31.7. The van der Waals surface area contributed by atoms with Gasteiger partial charge in [0.05, 0.1) is 43.7 Å². The quantitative estimate of drug-likeness (QED) is 0.355. The molecule has 0 saturated carbocycles. The molecule has 7 nitrogen and oxygen atoms in total. The molecule has 0 unspecified atom stereocenters. The van der Waals surface area contributed by atoms with Gasteiger partial charge in [0.2, 0.25) is 0 Å². The smallest absolute Gasteiger partial charge is 0.337 e. The summed E-state index contributed by atoms with van der Waals surface area (Å²) in [5, 5.41) is 0.773. The minimum absolute atomic E-state index is 0.137. The van der Waals surface area contributed by atoms with Crippen LogP contribution < -0.4 is 9.47 Å². The Morgan fingerprint density at radius 3 is 2.26 bits per heavy atom. The number of esters is 1. The molecule has 35 heavy (non-hydrogen) atoms. The van der Waals surface area contributed by atoms with Crippen molar-refractivity contribution in [3.05, 3.63) is 89.5 Å². The molecule has 0 bridgehead atoms. The van der Waals surface area contributed by atoms with Crippen LogP contribution in [0.5, 0.6) is 11.5 Å². The summed E-state index contributed by atoms with van der Waals surface area (Å²) in [7, 11) is 6.26. The van der Waals surface area contributed by atoms with Crippen LogP contribution >= 0.6 is 0 Å². The minimum Gasteiger partial charge on any atom is -0.493 e. The number of hydrogen-bond acceptors (Lipinski definition) is 6. The summed E-state index contributed by atoms with van der Waals surface area (Å²) < 4.78 is 15.5. The van der Waals surface area contributed by atoms with Gasteiger partial charge in [-0.2, -0.15) is 0 Å². The molecule has 0 spiro atoms. The number of amides is 1. The summed E-state index contributed by atoms with van der Waals surface area (Å²) in [6, 6.07) is 21.9. The van der Waals surface area contributed by atoms with Gasteiger partial charge in [-0.15, -0.1) is 0 Å². The van der Waals surface area contributed by atoms with Crippen LogP contribution in [0.4, 0.5) is 0 Å². The van der Waals surface area contributed by atoms with Crippen molar-refractivity contribution in [3.63, 3.8) is 0 Å². The molecule has 0 saturated heterocycles. The Bertz CT molecular complexity index is 1380. The molecule has 4 aromatic rings. The first kappa shape index (κ1) is 23.8. The Balaban J connectivity index is 1.69. The Hall–Kier alpha value is -4.39. The second-order valence-electron chi connectivity index (χ2n) is 7.99. The van der Waals surface area contributed by atoms with Gasteiger partial charge >= 0.3 is 5.97 Å². The van der Waals surface area contributed by atoms with Gasteiger partial charge in [-0.3, -0.25) is 4.79 Å². The fourth-order valence-electron chi connectivity index (χ4n) is 3.91. The zero-order chi connectivity index (χ0) is 24.9. The lowest BCUT2D eigenvalue weighted by molar-refractivity contribution is 0.0600. The minimum atomic E-state index is -0.396. The highest BCUT2D eigenvalue weighted by atomic mass is 16.5. The first-order valence-corrected chi connectivity index (χ1v) is 11.0. The number of para-hydroxylation sites is 1. The van der Waals surface area contributed by atoms with Crippen LogP contribution in [0.15, 0.2) is 72.8 Å². The van der Waals surface area contributed by atoms with Crippen molar-refractivity contribution in [2.75, 3.05) is 28.4 Å². The van der Waals surface area contributed by atoms with E-state index in [0.717, 1.165) is 22.0 Å². The topological polar surface area (TPSA) is 78.0 Å². The van der Waals surface area contributed by atoms with Crippen molar-refractivity contribution >= 4 is 22.8 Å². The monoisotopic (exact) mass is 470 g/mol. The average molecular weight is 471 g/mol. The Morgan fingerprint density at radius 1 is 0.857 bits per heavy atom. The molecule has 1 heterocycles. The van der Waals surface area contributed by atoms with Crippen LogP contribution in [0.2, 0.25) is 0 Å². The van der Waals surface area contributed by atoms with Crippen LogP contribution in [-0.4, -0.2) is 50.1 Å². The molecule has 0 aliphatic heterocycles. The van der Waals surface area contributed by atoms with Crippen LogP contribution in [0.3, 0.4) is 0 Å². The third-order valence-electron chi connectivity index (χ3n) is 5.77. The molecule has 0 radical (unpaired) electrons. The van der Waals surface area contributed by atoms with Crippen molar-refractivity contribution in [3.8, 4) is 22.8 Å². The zero-order valence-corrected chi connectivity index (χ0v) is 20.1. The van der Waals surface area contributed by atoms with Gasteiger partial charge in [-0.05, 0) is 48.0 Å². The number of benzene rings is 3. The first-order valence-electron chi connectivity index (χ1n) is 11.0. The highest BCUT2D eigenvalue weighted by Crippen LogP contribution is 2.33. The molecule has 0 atom stereocenters. The van der Waals surface area contributed by atoms with Gasteiger partial charge in [-0.1, -0.05) is 30.3 Å². The summed E-state index contributed by atoms with van der Waals surface area (Å²) in [5.41, 5.74) is 4.09. The van der Waals surface area contributed by atoms with Gasteiger partial charge in [0.25, 0.3) is 5.91 Å². The molecule has 0 N–H and O–H groups in total. The molecule has 178 valence electrons. The summed E-state index contributed by atoms with van der Waals surface area (Å²) in [6.45, 7) is 0.378. The maximum atomic E-state index is 13.6. The Morgan fingerprint density at radius 2 is 1.57 bits per heavy atom. The summed E-state index contributed by atoms with van der Waals surface area (Å²) in [6.07, 6.45) is 0. The van der Waals surface area contributed by atoms with E-state index < -0.39 is 5.97 Å². The normalized spacial score (nSPS) is 10.6. The van der Waals surface area contributed by atoms with Crippen LogP contribution in [-0.2, 0) is 11.3 Å². The van der Waals surface area contributed by atoms with E-state index >= 15 is 0 Å². The summed E-state index contributed by atoms with van der Waals surface area (Å²) >= 11 is 0. The van der Waals surface area contributed by atoms with Crippen LogP contribution in [0, 0.1) is 0 Å².